The first-order valence-corrected chi connectivity index (χ1v) is 8.30. The topological polar surface area (TPSA) is 34.4 Å². The molecule has 21 heavy (non-hydrogen) atoms. The number of nitrogens with one attached hydrogen (secondary N) is 1. The number of furan rings is 1. The van der Waals surface area contributed by atoms with E-state index in [0.717, 1.165) is 18.1 Å². The van der Waals surface area contributed by atoms with E-state index < -0.39 is 0 Å². The largest absolute Gasteiger partial charge is 0.464 e. The van der Waals surface area contributed by atoms with Crippen LogP contribution in [-0.2, 0) is 17.9 Å². The molecule has 1 aromatic heterocycles. The summed E-state index contributed by atoms with van der Waals surface area (Å²) in [7, 11) is 0. The summed E-state index contributed by atoms with van der Waals surface area (Å²) >= 11 is 0. The molecule has 1 fully saturated rings. The van der Waals surface area contributed by atoms with Crippen molar-refractivity contribution in [2.75, 3.05) is 0 Å². The molecule has 1 aliphatic carbocycles. The second kappa shape index (κ2) is 6.97. The average Bonchev–Trinajstić information content (AvgIpc) is 2.75. The van der Waals surface area contributed by atoms with Gasteiger partial charge in [0.25, 0.3) is 0 Å². The predicted molar refractivity (Wildman–Crippen MR) is 86.2 cm³/mol. The Bertz CT molecular complexity index is 445. The molecule has 0 amide bonds. The van der Waals surface area contributed by atoms with Gasteiger partial charge in [-0.25, -0.2) is 0 Å². The summed E-state index contributed by atoms with van der Waals surface area (Å²) in [5.74, 6) is 2.63. The molecule has 2 atom stereocenters. The van der Waals surface area contributed by atoms with Gasteiger partial charge in [0.15, 0.2) is 0 Å². The molecule has 0 spiro atoms. The first-order valence-electron chi connectivity index (χ1n) is 8.30. The van der Waals surface area contributed by atoms with E-state index in [9.17, 15) is 0 Å². The third kappa shape index (κ3) is 5.15. The molecule has 3 nitrogen and oxygen atoms in total. The fourth-order valence-corrected chi connectivity index (χ4v) is 2.91. The molecule has 1 aromatic rings. The van der Waals surface area contributed by atoms with Crippen molar-refractivity contribution in [1.29, 1.82) is 0 Å². The lowest BCUT2D eigenvalue weighted by Crippen LogP contribution is -2.35. The van der Waals surface area contributed by atoms with Crippen LogP contribution in [0.25, 0.3) is 0 Å². The lowest BCUT2D eigenvalue weighted by atomic mass is 9.88. The monoisotopic (exact) mass is 293 g/mol. The van der Waals surface area contributed by atoms with E-state index in [4.69, 9.17) is 9.15 Å². The number of hydrogen-bond donors (Lipinski definition) is 1. The third-order valence-corrected chi connectivity index (χ3v) is 4.35. The van der Waals surface area contributed by atoms with E-state index in [0.29, 0.717) is 18.6 Å². The predicted octanol–water partition coefficient (Wildman–Crippen LogP) is 4.57. The third-order valence-electron chi connectivity index (χ3n) is 4.35. The molecule has 1 aliphatic rings. The second-order valence-corrected chi connectivity index (χ2v) is 7.51. The van der Waals surface area contributed by atoms with Crippen LogP contribution in [0.2, 0.25) is 0 Å². The Morgan fingerprint density at radius 3 is 2.67 bits per heavy atom. The summed E-state index contributed by atoms with van der Waals surface area (Å²) in [6.45, 7) is 12.3. The molecule has 3 heteroatoms. The van der Waals surface area contributed by atoms with E-state index in [1.807, 2.05) is 6.92 Å². The molecule has 2 unspecified atom stereocenters. The van der Waals surface area contributed by atoms with Crippen LogP contribution >= 0.6 is 0 Å². The molecule has 2 rings (SSSR count). The highest BCUT2D eigenvalue weighted by atomic mass is 16.5. The van der Waals surface area contributed by atoms with Gasteiger partial charge in [-0.2, -0.15) is 0 Å². The van der Waals surface area contributed by atoms with E-state index in [-0.39, 0.29) is 5.54 Å². The van der Waals surface area contributed by atoms with Crippen LogP contribution in [0.3, 0.4) is 0 Å². The van der Waals surface area contributed by atoms with Gasteiger partial charge in [0.05, 0.1) is 6.10 Å². The number of ether oxygens (including phenoxy) is 1. The highest BCUT2D eigenvalue weighted by molar-refractivity contribution is 5.20. The number of hydrogen-bond acceptors (Lipinski definition) is 3. The Hall–Kier alpha value is -0.800. The maximum atomic E-state index is 6.08. The Morgan fingerprint density at radius 2 is 2.00 bits per heavy atom. The standard InChI is InChI=1S/C18H31NO2/c1-13-8-6-7-9-17(13)20-12-16-10-15(14(2)21-16)11-19-18(3,4)5/h10,13,17,19H,6-9,11-12H2,1-5H3. The fourth-order valence-electron chi connectivity index (χ4n) is 2.91. The van der Waals surface area contributed by atoms with Crippen LogP contribution in [0.4, 0.5) is 0 Å². The van der Waals surface area contributed by atoms with Gasteiger partial charge in [-0.05, 0) is 52.5 Å². The Kier molecular flexibility index (Phi) is 5.50. The molecule has 1 heterocycles. The summed E-state index contributed by atoms with van der Waals surface area (Å²) in [6.07, 6.45) is 5.54. The fraction of sp³-hybridized carbons (Fsp3) is 0.778. The van der Waals surface area contributed by atoms with Crippen molar-refractivity contribution >= 4 is 0 Å². The summed E-state index contributed by atoms with van der Waals surface area (Å²) < 4.78 is 11.9. The summed E-state index contributed by atoms with van der Waals surface area (Å²) in [5.41, 5.74) is 1.36. The first kappa shape index (κ1) is 16.6. The molecular weight excluding hydrogens is 262 g/mol. The normalized spacial score (nSPS) is 23.5. The minimum Gasteiger partial charge on any atom is -0.464 e. The Labute approximate surface area is 129 Å². The molecular formula is C18H31NO2. The highest BCUT2D eigenvalue weighted by Gasteiger charge is 2.22. The van der Waals surface area contributed by atoms with Crippen molar-refractivity contribution in [3.8, 4) is 0 Å². The van der Waals surface area contributed by atoms with Crippen molar-refractivity contribution < 1.29 is 9.15 Å². The molecule has 0 bridgehead atoms. The van der Waals surface area contributed by atoms with Gasteiger partial charge >= 0.3 is 0 Å². The van der Waals surface area contributed by atoms with Crippen molar-refractivity contribution in [1.82, 2.24) is 5.32 Å². The zero-order valence-electron chi connectivity index (χ0n) is 14.3. The second-order valence-electron chi connectivity index (χ2n) is 7.51. The number of rotatable bonds is 5. The van der Waals surface area contributed by atoms with Gasteiger partial charge in [-0.3, -0.25) is 0 Å². The van der Waals surface area contributed by atoms with Crippen LogP contribution in [0, 0.1) is 12.8 Å². The van der Waals surface area contributed by atoms with Crippen LogP contribution in [0.5, 0.6) is 0 Å². The van der Waals surface area contributed by atoms with Gasteiger partial charge in [-0.1, -0.05) is 19.8 Å². The first-order chi connectivity index (χ1) is 9.85. The molecule has 1 saturated carbocycles. The van der Waals surface area contributed by atoms with E-state index in [1.54, 1.807) is 0 Å². The van der Waals surface area contributed by atoms with Crippen LogP contribution < -0.4 is 5.32 Å². The van der Waals surface area contributed by atoms with E-state index in [1.165, 1.54) is 31.2 Å². The molecule has 0 aromatic carbocycles. The van der Waals surface area contributed by atoms with Gasteiger partial charge in [0, 0.05) is 17.6 Å². The van der Waals surface area contributed by atoms with Gasteiger partial charge in [-0.15, -0.1) is 0 Å². The zero-order chi connectivity index (χ0) is 15.5. The summed E-state index contributed by atoms with van der Waals surface area (Å²) in [5, 5.41) is 3.50. The van der Waals surface area contributed by atoms with Crippen molar-refractivity contribution in [2.24, 2.45) is 5.92 Å². The average molecular weight is 293 g/mol. The van der Waals surface area contributed by atoms with Crippen molar-refractivity contribution in [3.05, 3.63) is 23.2 Å². The quantitative estimate of drug-likeness (QED) is 0.863. The smallest absolute Gasteiger partial charge is 0.130 e. The van der Waals surface area contributed by atoms with Crippen molar-refractivity contribution in [3.63, 3.8) is 0 Å². The lowest BCUT2D eigenvalue weighted by Gasteiger charge is -2.28. The SMILES string of the molecule is Cc1oc(COC2CCCCC2C)cc1CNC(C)(C)C. The van der Waals surface area contributed by atoms with Gasteiger partial charge in [0.2, 0.25) is 0 Å². The molecule has 1 N–H and O–H groups in total. The minimum atomic E-state index is 0.123. The van der Waals surface area contributed by atoms with Crippen LogP contribution in [0.15, 0.2) is 10.5 Å². The molecule has 0 radical (unpaired) electrons. The maximum Gasteiger partial charge on any atom is 0.130 e. The summed E-state index contributed by atoms with van der Waals surface area (Å²) in [4.78, 5) is 0. The number of aryl methyl sites for hydroxylation is 1. The Morgan fingerprint density at radius 1 is 1.29 bits per heavy atom. The van der Waals surface area contributed by atoms with Gasteiger partial charge < -0.3 is 14.5 Å². The van der Waals surface area contributed by atoms with Crippen LogP contribution in [0.1, 0.15) is 70.5 Å². The van der Waals surface area contributed by atoms with Gasteiger partial charge in [0.1, 0.15) is 18.1 Å². The molecule has 0 saturated heterocycles. The minimum absolute atomic E-state index is 0.123. The summed E-state index contributed by atoms with van der Waals surface area (Å²) in [6, 6.07) is 2.14. The maximum absolute atomic E-state index is 6.08. The highest BCUT2D eigenvalue weighted by Crippen LogP contribution is 2.27. The van der Waals surface area contributed by atoms with E-state index in [2.05, 4.69) is 39.1 Å². The van der Waals surface area contributed by atoms with E-state index >= 15 is 0 Å². The van der Waals surface area contributed by atoms with Crippen molar-refractivity contribution in [2.45, 2.75) is 85.1 Å². The molecule has 120 valence electrons. The van der Waals surface area contributed by atoms with Crippen LogP contribution in [-0.4, -0.2) is 11.6 Å². The zero-order valence-corrected chi connectivity index (χ0v) is 14.3. The Balaban J connectivity index is 1.86. The molecule has 0 aliphatic heterocycles. The lowest BCUT2D eigenvalue weighted by molar-refractivity contribution is -0.0221.